The molecule has 2 heteroatoms. The molecule has 1 nitrogen and oxygen atoms in total. The molecule has 156 valence electrons. The minimum absolute atomic E-state index is 0.0362. The lowest BCUT2D eigenvalue weighted by atomic mass is 9.79. The van der Waals surface area contributed by atoms with Crippen LogP contribution in [0.2, 0.25) is 0 Å². The van der Waals surface area contributed by atoms with Gasteiger partial charge in [0.25, 0.3) is 0 Å². The number of fused-ring (bicyclic) bond motifs is 2. The highest BCUT2D eigenvalue weighted by Gasteiger charge is 2.52. The van der Waals surface area contributed by atoms with E-state index in [1.54, 1.807) is 0 Å². The normalized spacial score (nSPS) is 21.2. The largest absolute Gasteiger partial charge is 0.295 e. The molecule has 0 saturated heterocycles. The van der Waals surface area contributed by atoms with E-state index >= 15 is 0 Å². The van der Waals surface area contributed by atoms with Crippen LogP contribution in [0.4, 0.5) is 0 Å². The molecule has 1 aliphatic rings. The van der Waals surface area contributed by atoms with E-state index in [2.05, 4.69) is 126 Å². The Bertz CT molecular complexity index is 1060. The average Bonchev–Trinajstić information content (AvgIpc) is 2.72. The zero-order valence-electron chi connectivity index (χ0n) is 19.1. The minimum atomic E-state index is -0.339. The van der Waals surface area contributed by atoms with Crippen LogP contribution in [0.5, 0.6) is 0 Å². The van der Waals surface area contributed by atoms with E-state index in [0.29, 0.717) is 17.2 Å². The number of hydrogen-bond acceptors (Lipinski definition) is 1. The van der Waals surface area contributed by atoms with Gasteiger partial charge in [-0.1, -0.05) is 114 Å². The third kappa shape index (κ3) is 3.33. The van der Waals surface area contributed by atoms with Gasteiger partial charge in [0.15, 0.2) is 0 Å². The Morgan fingerprint density at radius 3 is 2.10 bits per heavy atom. The summed E-state index contributed by atoms with van der Waals surface area (Å²) in [4.78, 5) is 2.54. The van der Waals surface area contributed by atoms with E-state index in [0.717, 1.165) is 0 Å². The summed E-state index contributed by atoms with van der Waals surface area (Å²) in [6.07, 6.45) is 4.83. The zero-order chi connectivity index (χ0) is 21.5. The van der Waals surface area contributed by atoms with Crippen LogP contribution in [0.3, 0.4) is 0 Å². The average molecular weight is 416 g/mol. The topological polar surface area (TPSA) is 3.24 Å². The minimum Gasteiger partial charge on any atom is -0.295 e. The molecular formula is C28H34NP. The molecule has 30 heavy (non-hydrogen) atoms. The molecule has 2 atom stereocenters. The van der Waals surface area contributed by atoms with E-state index < -0.39 is 0 Å². The molecule has 4 rings (SSSR count). The molecule has 3 aromatic carbocycles. The Morgan fingerprint density at radius 1 is 0.800 bits per heavy atom. The summed E-state index contributed by atoms with van der Waals surface area (Å²) in [5, 5.41) is 2.60. The van der Waals surface area contributed by atoms with Crippen molar-refractivity contribution in [2.75, 3.05) is 14.1 Å². The van der Waals surface area contributed by atoms with Gasteiger partial charge in [0.05, 0.1) is 5.28 Å². The van der Waals surface area contributed by atoms with Gasteiger partial charge in [-0.05, 0) is 52.9 Å². The van der Waals surface area contributed by atoms with Gasteiger partial charge in [-0.15, -0.1) is 0 Å². The van der Waals surface area contributed by atoms with Gasteiger partial charge < -0.3 is 0 Å². The standard InChI is InChI=1S/C28H34NP/c1-20(2)30(21(3)4)28(29(5)6)26-14-10-9-12-23(26)17-18-27(28)25-16-15-22-11-7-8-13-24(22)19-25/h7-21,27H,1-6H3. The van der Waals surface area contributed by atoms with Gasteiger partial charge in [0.2, 0.25) is 0 Å². The molecule has 0 bridgehead atoms. The third-order valence-corrected chi connectivity index (χ3v) is 10.5. The maximum absolute atomic E-state index is 2.54. The summed E-state index contributed by atoms with van der Waals surface area (Å²) in [7, 11) is 4.25. The molecule has 0 spiro atoms. The van der Waals surface area contributed by atoms with Crippen LogP contribution in [-0.2, 0) is 5.28 Å². The molecule has 0 N–H and O–H groups in total. The van der Waals surface area contributed by atoms with Gasteiger partial charge in [0, 0.05) is 5.92 Å². The first-order valence-corrected chi connectivity index (χ1v) is 12.6. The summed E-state index contributed by atoms with van der Waals surface area (Å²) in [6, 6.07) is 24.9. The molecule has 0 amide bonds. The predicted octanol–water partition coefficient (Wildman–Crippen LogP) is 7.66. The van der Waals surface area contributed by atoms with Crippen LogP contribution in [0, 0.1) is 0 Å². The summed E-state index contributed by atoms with van der Waals surface area (Å²) >= 11 is 0. The van der Waals surface area contributed by atoms with Crippen LogP contribution in [0.25, 0.3) is 16.8 Å². The molecule has 0 fully saturated rings. The number of rotatable bonds is 5. The van der Waals surface area contributed by atoms with Crippen molar-refractivity contribution < 1.29 is 0 Å². The van der Waals surface area contributed by atoms with Crippen LogP contribution < -0.4 is 0 Å². The SMILES string of the molecule is CC(C)P(C(C)C)C1(N(C)C)c2ccccc2C=CC1c1ccc2ccccc2c1. The van der Waals surface area contributed by atoms with Gasteiger partial charge in [-0.25, -0.2) is 0 Å². The lowest BCUT2D eigenvalue weighted by molar-refractivity contribution is 0.225. The van der Waals surface area contributed by atoms with Crippen molar-refractivity contribution in [1.82, 2.24) is 4.90 Å². The van der Waals surface area contributed by atoms with E-state index in [1.807, 2.05) is 0 Å². The maximum Gasteiger partial charge on any atom is 0.0768 e. The van der Waals surface area contributed by atoms with Crippen molar-refractivity contribution in [2.24, 2.45) is 0 Å². The Kier molecular flexibility index (Phi) is 5.88. The van der Waals surface area contributed by atoms with Gasteiger partial charge in [0.1, 0.15) is 0 Å². The number of likely N-dealkylation sites (N-methyl/N-ethyl adjacent to an activating group) is 1. The Hall–Kier alpha value is -1.95. The summed E-state index contributed by atoms with van der Waals surface area (Å²) < 4.78 is 0. The monoisotopic (exact) mass is 415 g/mol. The lowest BCUT2D eigenvalue weighted by Gasteiger charge is -2.55. The van der Waals surface area contributed by atoms with Crippen LogP contribution in [0.15, 0.2) is 72.8 Å². The van der Waals surface area contributed by atoms with Crippen molar-refractivity contribution in [3.63, 3.8) is 0 Å². The molecule has 0 aromatic heterocycles. The highest BCUT2D eigenvalue weighted by atomic mass is 31.1. The van der Waals surface area contributed by atoms with Crippen LogP contribution >= 0.6 is 7.92 Å². The fourth-order valence-electron chi connectivity index (χ4n) is 5.66. The summed E-state index contributed by atoms with van der Waals surface area (Å²) in [6.45, 7) is 9.70. The van der Waals surface area contributed by atoms with Gasteiger partial charge >= 0.3 is 0 Å². The fourth-order valence-corrected chi connectivity index (χ4v) is 9.92. The Morgan fingerprint density at radius 2 is 1.43 bits per heavy atom. The number of benzene rings is 3. The molecule has 0 aliphatic heterocycles. The predicted molar refractivity (Wildman–Crippen MR) is 135 cm³/mol. The number of nitrogens with zero attached hydrogens (tertiary/aromatic N) is 1. The van der Waals surface area contributed by atoms with Gasteiger partial charge in [-0.2, -0.15) is 0 Å². The van der Waals surface area contributed by atoms with E-state index in [9.17, 15) is 0 Å². The molecule has 0 radical (unpaired) electrons. The lowest BCUT2D eigenvalue weighted by Crippen LogP contribution is -2.48. The van der Waals surface area contributed by atoms with E-state index in [1.165, 1.54) is 27.5 Å². The zero-order valence-corrected chi connectivity index (χ0v) is 20.0. The number of hydrogen-bond donors (Lipinski definition) is 0. The highest BCUT2D eigenvalue weighted by Crippen LogP contribution is 2.70. The second kappa shape index (κ2) is 8.29. The van der Waals surface area contributed by atoms with Crippen LogP contribution in [-0.4, -0.2) is 30.3 Å². The summed E-state index contributed by atoms with van der Waals surface area (Å²) in [5.41, 5.74) is 5.54. The molecule has 0 heterocycles. The van der Waals surface area contributed by atoms with Crippen molar-refractivity contribution in [3.8, 4) is 0 Å². The first kappa shape index (κ1) is 21.3. The quantitative estimate of drug-likeness (QED) is 0.387. The molecule has 1 aliphatic carbocycles. The van der Waals surface area contributed by atoms with Gasteiger partial charge in [-0.3, -0.25) is 4.90 Å². The molecule has 3 aromatic rings. The molecule has 0 saturated carbocycles. The molecular weight excluding hydrogens is 381 g/mol. The second-order valence-electron chi connectivity index (χ2n) is 9.25. The van der Waals surface area contributed by atoms with E-state index in [-0.39, 0.29) is 13.2 Å². The van der Waals surface area contributed by atoms with Crippen molar-refractivity contribution >= 4 is 24.8 Å². The molecule has 2 unspecified atom stereocenters. The summed E-state index contributed by atoms with van der Waals surface area (Å²) in [5.74, 6) is 0.322. The van der Waals surface area contributed by atoms with Crippen molar-refractivity contribution in [2.45, 2.75) is 50.2 Å². The first-order chi connectivity index (χ1) is 14.4. The van der Waals surface area contributed by atoms with Crippen LogP contribution in [0.1, 0.15) is 50.3 Å². The third-order valence-electron chi connectivity index (χ3n) is 6.58. The Balaban J connectivity index is 2.02. The van der Waals surface area contributed by atoms with Crippen molar-refractivity contribution in [3.05, 3.63) is 89.5 Å². The first-order valence-electron chi connectivity index (χ1n) is 11.1. The fraction of sp³-hybridized carbons (Fsp3) is 0.357. The highest BCUT2D eigenvalue weighted by molar-refractivity contribution is 7.60. The smallest absolute Gasteiger partial charge is 0.0768 e. The van der Waals surface area contributed by atoms with Crippen molar-refractivity contribution in [1.29, 1.82) is 0 Å². The van der Waals surface area contributed by atoms with E-state index in [4.69, 9.17) is 0 Å². The maximum atomic E-state index is 2.54. The Labute approximate surface area is 183 Å². The second-order valence-corrected chi connectivity index (χ2v) is 12.8.